The molecule has 0 aromatic heterocycles. The molecular formula is C13H18. The molecular weight excluding hydrogens is 156 g/mol. The van der Waals surface area contributed by atoms with E-state index in [1.54, 1.807) is 0 Å². The highest BCUT2D eigenvalue weighted by atomic mass is 13.9. The van der Waals surface area contributed by atoms with Crippen LogP contribution in [-0.2, 0) is 0 Å². The van der Waals surface area contributed by atoms with Crippen LogP contribution in [0.4, 0.5) is 0 Å². The fraction of sp³-hybridized carbons (Fsp3) is 0.385. The van der Waals surface area contributed by atoms with Crippen molar-refractivity contribution in [3.05, 3.63) is 48.6 Å². The van der Waals surface area contributed by atoms with Crippen LogP contribution in [0.25, 0.3) is 0 Å². The Kier molecular flexibility index (Phi) is 5.87. The maximum absolute atomic E-state index is 2.30. The van der Waals surface area contributed by atoms with Crippen molar-refractivity contribution in [2.45, 2.75) is 32.1 Å². The molecule has 0 radical (unpaired) electrons. The molecule has 0 nitrogen and oxygen atoms in total. The molecule has 0 heteroatoms. The van der Waals surface area contributed by atoms with Crippen molar-refractivity contribution in [2.24, 2.45) is 0 Å². The van der Waals surface area contributed by atoms with Gasteiger partial charge >= 0.3 is 0 Å². The van der Waals surface area contributed by atoms with Crippen LogP contribution in [0.5, 0.6) is 0 Å². The van der Waals surface area contributed by atoms with Gasteiger partial charge in [-0.25, -0.2) is 0 Å². The molecule has 0 N–H and O–H groups in total. The lowest BCUT2D eigenvalue weighted by molar-refractivity contribution is 0.863. The van der Waals surface area contributed by atoms with Crippen molar-refractivity contribution in [2.75, 3.05) is 0 Å². The summed E-state index contributed by atoms with van der Waals surface area (Å²) in [5.74, 6) is 0. The largest absolute Gasteiger partial charge is 0.0885 e. The minimum Gasteiger partial charge on any atom is -0.0885 e. The minimum absolute atomic E-state index is 1.16. The number of allylic oxidation sites excluding steroid dienone is 8. The van der Waals surface area contributed by atoms with Gasteiger partial charge in [0.2, 0.25) is 0 Å². The summed E-state index contributed by atoms with van der Waals surface area (Å²) in [5.41, 5.74) is 0. The predicted octanol–water partition coefficient (Wildman–Crippen LogP) is 4.18. The Morgan fingerprint density at radius 1 is 0.462 bits per heavy atom. The minimum atomic E-state index is 1.16. The molecule has 0 amide bonds. The molecule has 0 saturated heterocycles. The first-order valence-electron chi connectivity index (χ1n) is 5.13. The zero-order chi connectivity index (χ0) is 9.19. The van der Waals surface area contributed by atoms with Gasteiger partial charge in [0.1, 0.15) is 0 Å². The van der Waals surface area contributed by atoms with Gasteiger partial charge in [-0.1, -0.05) is 48.6 Å². The summed E-state index contributed by atoms with van der Waals surface area (Å²) in [6.07, 6.45) is 23.5. The molecule has 0 unspecified atom stereocenters. The SMILES string of the molecule is C1=CCCC=CCCC/C=C/C=C/1. The van der Waals surface area contributed by atoms with Gasteiger partial charge in [-0.05, 0) is 32.1 Å². The van der Waals surface area contributed by atoms with Gasteiger partial charge in [0.05, 0.1) is 0 Å². The maximum Gasteiger partial charge on any atom is -0.0313 e. The summed E-state index contributed by atoms with van der Waals surface area (Å²) in [6.45, 7) is 0. The van der Waals surface area contributed by atoms with E-state index in [1.165, 1.54) is 25.7 Å². The van der Waals surface area contributed by atoms with Crippen molar-refractivity contribution in [1.29, 1.82) is 0 Å². The van der Waals surface area contributed by atoms with Gasteiger partial charge in [0.25, 0.3) is 0 Å². The first kappa shape index (κ1) is 10.0. The predicted molar refractivity (Wildman–Crippen MR) is 59.6 cm³/mol. The number of hydrogen-bond acceptors (Lipinski definition) is 0. The highest BCUT2D eigenvalue weighted by Crippen LogP contribution is 2.01. The van der Waals surface area contributed by atoms with Gasteiger partial charge in [-0.15, -0.1) is 0 Å². The Hall–Kier alpha value is -1.04. The summed E-state index contributed by atoms with van der Waals surface area (Å²) in [6, 6.07) is 0. The third-order valence-electron chi connectivity index (χ3n) is 2.01. The van der Waals surface area contributed by atoms with Gasteiger partial charge in [0, 0.05) is 0 Å². The quantitative estimate of drug-likeness (QED) is 0.483. The van der Waals surface area contributed by atoms with E-state index in [1.807, 2.05) is 0 Å². The monoisotopic (exact) mass is 174 g/mol. The molecule has 1 rings (SSSR count). The molecule has 0 aliphatic heterocycles. The van der Waals surface area contributed by atoms with Gasteiger partial charge in [-0.3, -0.25) is 0 Å². The third kappa shape index (κ3) is 6.15. The van der Waals surface area contributed by atoms with Crippen LogP contribution in [0, 0.1) is 0 Å². The van der Waals surface area contributed by atoms with E-state index in [4.69, 9.17) is 0 Å². The van der Waals surface area contributed by atoms with Crippen molar-refractivity contribution in [3.8, 4) is 0 Å². The summed E-state index contributed by atoms with van der Waals surface area (Å²) in [5, 5.41) is 0. The molecule has 0 aromatic carbocycles. The lowest BCUT2D eigenvalue weighted by atomic mass is 10.2. The fourth-order valence-corrected chi connectivity index (χ4v) is 1.26. The fourth-order valence-electron chi connectivity index (χ4n) is 1.26. The molecule has 0 heterocycles. The molecule has 0 spiro atoms. The maximum atomic E-state index is 2.30. The topological polar surface area (TPSA) is 0 Å². The van der Waals surface area contributed by atoms with Crippen LogP contribution in [0.2, 0.25) is 0 Å². The molecule has 0 aromatic rings. The molecule has 1 aliphatic carbocycles. The van der Waals surface area contributed by atoms with E-state index in [-0.39, 0.29) is 0 Å². The Labute approximate surface area is 81.4 Å². The highest BCUT2D eigenvalue weighted by molar-refractivity contribution is 5.11. The lowest BCUT2D eigenvalue weighted by Gasteiger charge is -1.89. The van der Waals surface area contributed by atoms with Crippen LogP contribution in [0.1, 0.15) is 32.1 Å². The van der Waals surface area contributed by atoms with Crippen LogP contribution in [0.15, 0.2) is 48.6 Å². The zero-order valence-corrected chi connectivity index (χ0v) is 8.15. The van der Waals surface area contributed by atoms with Crippen LogP contribution < -0.4 is 0 Å². The van der Waals surface area contributed by atoms with Crippen LogP contribution in [-0.4, -0.2) is 0 Å². The smallest absolute Gasteiger partial charge is 0.0313 e. The van der Waals surface area contributed by atoms with Gasteiger partial charge in [-0.2, -0.15) is 0 Å². The average Bonchev–Trinajstić information content (AvgIpc) is 2.18. The van der Waals surface area contributed by atoms with E-state index in [0.29, 0.717) is 0 Å². The van der Waals surface area contributed by atoms with Crippen molar-refractivity contribution < 1.29 is 0 Å². The average molecular weight is 174 g/mol. The normalized spacial score (nSPS) is 24.0. The zero-order valence-electron chi connectivity index (χ0n) is 8.15. The van der Waals surface area contributed by atoms with Gasteiger partial charge < -0.3 is 0 Å². The molecule has 0 bridgehead atoms. The highest BCUT2D eigenvalue weighted by Gasteiger charge is 1.81. The summed E-state index contributed by atoms with van der Waals surface area (Å²) in [4.78, 5) is 0. The second-order valence-corrected chi connectivity index (χ2v) is 3.22. The van der Waals surface area contributed by atoms with E-state index in [0.717, 1.165) is 6.42 Å². The lowest BCUT2D eigenvalue weighted by Crippen LogP contribution is -1.69. The molecule has 0 atom stereocenters. The van der Waals surface area contributed by atoms with E-state index in [2.05, 4.69) is 48.6 Å². The first-order valence-corrected chi connectivity index (χ1v) is 5.13. The first-order chi connectivity index (χ1) is 6.50. The van der Waals surface area contributed by atoms with Crippen LogP contribution in [0.3, 0.4) is 0 Å². The number of hydrogen-bond donors (Lipinski definition) is 0. The van der Waals surface area contributed by atoms with Gasteiger partial charge in [0.15, 0.2) is 0 Å². The molecule has 1 aliphatic rings. The third-order valence-corrected chi connectivity index (χ3v) is 2.01. The molecule has 70 valence electrons. The Morgan fingerprint density at radius 2 is 1.00 bits per heavy atom. The van der Waals surface area contributed by atoms with Crippen molar-refractivity contribution in [1.82, 2.24) is 0 Å². The summed E-state index contributed by atoms with van der Waals surface area (Å²) >= 11 is 0. The Bertz CT molecular complexity index is 216. The Balaban J connectivity index is 2.38. The van der Waals surface area contributed by atoms with Crippen molar-refractivity contribution in [3.63, 3.8) is 0 Å². The summed E-state index contributed by atoms with van der Waals surface area (Å²) in [7, 11) is 0. The van der Waals surface area contributed by atoms with Crippen molar-refractivity contribution >= 4 is 0 Å². The van der Waals surface area contributed by atoms with Crippen LogP contribution >= 0.6 is 0 Å². The standard InChI is InChI=1S/C13H18/c1-2-4-6-8-10-12-13-11-9-7-5-3-1/h1-6,11,13H,7-10,12H2/b2-1+,5-3?,6-4+,13-11?. The van der Waals surface area contributed by atoms with E-state index >= 15 is 0 Å². The van der Waals surface area contributed by atoms with E-state index in [9.17, 15) is 0 Å². The van der Waals surface area contributed by atoms with E-state index < -0.39 is 0 Å². The second-order valence-electron chi connectivity index (χ2n) is 3.22. The number of rotatable bonds is 0. The molecule has 0 fully saturated rings. The molecule has 13 heavy (non-hydrogen) atoms. The second kappa shape index (κ2) is 7.60. The Morgan fingerprint density at radius 3 is 1.85 bits per heavy atom. The molecule has 0 saturated carbocycles. The summed E-state index contributed by atoms with van der Waals surface area (Å²) < 4.78 is 0.